The molecule has 8 heteroatoms. The van der Waals surface area contributed by atoms with Gasteiger partial charge in [0, 0.05) is 9.92 Å². The number of hydrogen-bond acceptors (Lipinski definition) is 5. The Labute approximate surface area is 147 Å². The number of urea groups is 1. The quantitative estimate of drug-likeness (QED) is 0.888. The lowest BCUT2D eigenvalue weighted by Crippen LogP contribution is -2.53. The topological polar surface area (TPSA) is 65.4 Å². The molecule has 2 aromatic rings. The number of amides is 2. The van der Waals surface area contributed by atoms with Gasteiger partial charge in [0.25, 0.3) is 0 Å². The minimum Gasteiger partial charge on any atom is -0.497 e. The number of rotatable bonds is 2. The molecule has 24 heavy (non-hydrogen) atoms. The van der Waals surface area contributed by atoms with E-state index < -0.39 is 6.35 Å². The van der Waals surface area contributed by atoms with Crippen molar-refractivity contribution in [3.05, 3.63) is 47.5 Å². The maximum atomic E-state index is 13.0. The van der Waals surface area contributed by atoms with Crippen molar-refractivity contribution >= 4 is 45.9 Å². The molecule has 122 valence electrons. The largest absolute Gasteiger partial charge is 0.497 e. The first-order valence-electron chi connectivity index (χ1n) is 7.09. The molecule has 2 heterocycles. The summed E-state index contributed by atoms with van der Waals surface area (Å²) >= 11 is 7.32. The van der Waals surface area contributed by atoms with Gasteiger partial charge in [-0.3, -0.25) is 0 Å². The number of methoxy groups -OCH3 is 1. The SMILES string of the molecule is COc1ccc2c(c1)SC1=NC(O)N(c3cccc(Cl)c3)C(=O)N12. The van der Waals surface area contributed by atoms with E-state index >= 15 is 0 Å². The lowest BCUT2D eigenvalue weighted by molar-refractivity contribution is 0.174. The zero-order valence-corrected chi connectivity index (χ0v) is 14.1. The van der Waals surface area contributed by atoms with E-state index in [1.807, 2.05) is 6.07 Å². The highest BCUT2D eigenvalue weighted by Crippen LogP contribution is 2.45. The molecular weight excluding hydrogens is 350 g/mol. The summed E-state index contributed by atoms with van der Waals surface area (Å²) in [6, 6.07) is 11.8. The number of aliphatic hydroxyl groups excluding tert-OH is 1. The summed E-state index contributed by atoms with van der Waals surface area (Å²) in [5.41, 5.74) is 1.19. The van der Waals surface area contributed by atoms with Gasteiger partial charge < -0.3 is 9.84 Å². The standard InChI is InChI=1S/C16H12ClN3O3S/c1-23-11-5-6-12-13(8-11)24-15-18-14(21)19(16(22)20(12)15)10-4-2-3-9(17)7-10/h2-8,14,21H,1H3. The first kappa shape index (κ1) is 15.3. The highest BCUT2D eigenvalue weighted by Gasteiger charge is 2.41. The van der Waals surface area contributed by atoms with Crippen molar-refractivity contribution in [3.8, 4) is 5.75 Å². The van der Waals surface area contributed by atoms with Gasteiger partial charge in [0.2, 0.25) is 6.35 Å². The lowest BCUT2D eigenvalue weighted by atomic mass is 10.2. The Morgan fingerprint density at radius 2 is 2.12 bits per heavy atom. The van der Waals surface area contributed by atoms with Crippen molar-refractivity contribution in [1.29, 1.82) is 0 Å². The molecule has 2 aliphatic rings. The molecule has 0 saturated carbocycles. The number of amidine groups is 1. The Bertz CT molecular complexity index is 873. The number of aliphatic imine (C=N–C) groups is 1. The third kappa shape index (κ3) is 2.32. The van der Waals surface area contributed by atoms with E-state index in [0.29, 0.717) is 27.3 Å². The summed E-state index contributed by atoms with van der Waals surface area (Å²) in [7, 11) is 1.59. The summed E-state index contributed by atoms with van der Waals surface area (Å²) in [4.78, 5) is 20.7. The second-order valence-corrected chi connectivity index (χ2v) is 6.61. The van der Waals surface area contributed by atoms with Gasteiger partial charge in [-0.2, -0.15) is 0 Å². The zero-order chi connectivity index (χ0) is 16.8. The van der Waals surface area contributed by atoms with Crippen LogP contribution in [0.5, 0.6) is 5.75 Å². The molecule has 0 aliphatic carbocycles. The smallest absolute Gasteiger partial charge is 0.338 e. The van der Waals surface area contributed by atoms with Crippen molar-refractivity contribution in [2.75, 3.05) is 16.9 Å². The normalized spacial score (nSPS) is 19.0. The van der Waals surface area contributed by atoms with Crippen LogP contribution in [0.1, 0.15) is 0 Å². The van der Waals surface area contributed by atoms with Crippen LogP contribution in [0.25, 0.3) is 0 Å². The van der Waals surface area contributed by atoms with Crippen LogP contribution < -0.4 is 14.5 Å². The van der Waals surface area contributed by atoms with Crippen molar-refractivity contribution in [2.45, 2.75) is 11.2 Å². The third-order valence-electron chi connectivity index (χ3n) is 3.74. The maximum Gasteiger partial charge on any atom is 0.338 e. The molecule has 2 amide bonds. The van der Waals surface area contributed by atoms with E-state index in [9.17, 15) is 9.90 Å². The predicted molar refractivity (Wildman–Crippen MR) is 94.1 cm³/mol. The molecule has 1 unspecified atom stereocenters. The number of benzene rings is 2. The summed E-state index contributed by atoms with van der Waals surface area (Å²) in [5, 5.41) is 11.2. The van der Waals surface area contributed by atoms with Crippen molar-refractivity contribution in [2.24, 2.45) is 4.99 Å². The Morgan fingerprint density at radius 1 is 1.29 bits per heavy atom. The number of anilines is 2. The van der Waals surface area contributed by atoms with Crippen LogP contribution >= 0.6 is 23.4 Å². The fraction of sp³-hybridized carbons (Fsp3) is 0.125. The van der Waals surface area contributed by atoms with E-state index in [-0.39, 0.29) is 6.03 Å². The van der Waals surface area contributed by atoms with Crippen molar-refractivity contribution in [1.82, 2.24) is 0 Å². The summed E-state index contributed by atoms with van der Waals surface area (Å²) in [6.07, 6.45) is -1.30. The van der Waals surface area contributed by atoms with Gasteiger partial charge in [-0.15, -0.1) is 0 Å². The molecule has 2 aliphatic heterocycles. The van der Waals surface area contributed by atoms with Gasteiger partial charge in [-0.05, 0) is 48.2 Å². The van der Waals surface area contributed by atoms with E-state index in [0.717, 1.165) is 4.90 Å². The summed E-state index contributed by atoms with van der Waals surface area (Å²) in [6.45, 7) is 0. The van der Waals surface area contributed by atoms with Crippen LogP contribution in [-0.2, 0) is 0 Å². The highest BCUT2D eigenvalue weighted by atomic mass is 35.5. The molecule has 0 radical (unpaired) electrons. The molecule has 0 aromatic heterocycles. The molecule has 1 N–H and O–H groups in total. The highest BCUT2D eigenvalue weighted by molar-refractivity contribution is 8.15. The van der Waals surface area contributed by atoms with Crippen LogP contribution in [0.15, 0.2) is 52.4 Å². The number of nitrogens with zero attached hydrogens (tertiary/aromatic N) is 3. The monoisotopic (exact) mass is 361 g/mol. The van der Waals surface area contributed by atoms with E-state index in [1.54, 1.807) is 43.5 Å². The fourth-order valence-corrected chi connectivity index (χ4v) is 3.87. The zero-order valence-electron chi connectivity index (χ0n) is 12.5. The third-order valence-corrected chi connectivity index (χ3v) is 4.99. The van der Waals surface area contributed by atoms with Gasteiger partial charge in [0.05, 0.1) is 18.5 Å². The van der Waals surface area contributed by atoms with E-state index in [2.05, 4.69) is 4.99 Å². The van der Waals surface area contributed by atoms with Crippen molar-refractivity contribution in [3.63, 3.8) is 0 Å². The van der Waals surface area contributed by atoms with Crippen LogP contribution in [0.4, 0.5) is 16.2 Å². The number of carbonyl (C=O) groups excluding carboxylic acids is 1. The molecule has 6 nitrogen and oxygen atoms in total. The second-order valence-electron chi connectivity index (χ2n) is 5.16. The first-order chi connectivity index (χ1) is 11.6. The van der Waals surface area contributed by atoms with Gasteiger partial charge in [0.1, 0.15) is 5.75 Å². The van der Waals surface area contributed by atoms with Gasteiger partial charge in [-0.25, -0.2) is 19.6 Å². The molecule has 4 rings (SSSR count). The average Bonchev–Trinajstić information content (AvgIpc) is 2.92. The molecule has 0 spiro atoms. The first-order valence-corrected chi connectivity index (χ1v) is 8.28. The minimum atomic E-state index is -1.30. The lowest BCUT2D eigenvalue weighted by Gasteiger charge is -2.34. The number of carbonyl (C=O) groups is 1. The van der Waals surface area contributed by atoms with Crippen LogP contribution in [0, 0.1) is 0 Å². The number of halogens is 1. The van der Waals surface area contributed by atoms with Crippen LogP contribution in [0.3, 0.4) is 0 Å². The number of ether oxygens (including phenoxy) is 1. The summed E-state index contributed by atoms with van der Waals surface area (Å²) < 4.78 is 5.21. The predicted octanol–water partition coefficient (Wildman–Crippen LogP) is 3.53. The van der Waals surface area contributed by atoms with Crippen molar-refractivity contribution < 1.29 is 14.6 Å². The Kier molecular flexibility index (Phi) is 3.64. The molecule has 2 aromatic carbocycles. The number of aliphatic hydroxyl groups is 1. The molecule has 0 fully saturated rings. The summed E-state index contributed by atoms with van der Waals surface area (Å²) in [5.74, 6) is 0.696. The van der Waals surface area contributed by atoms with Gasteiger partial charge in [0.15, 0.2) is 5.17 Å². The number of fused-ring (bicyclic) bond motifs is 3. The Hall–Kier alpha value is -2.22. The molecule has 0 bridgehead atoms. The molecular formula is C16H12ClN3O3S. The Morgan fingerprint density at radius 3 is 2.88 bits per heavy atom. The second kappa shape index (κ2) is 5.70. The minimum absolute atomic E-state index is 0.383. The average molecular weight is 362 g/mol. The van der Waals surface area contributed by atoms with Gasteiger partial charge >= 0.3 is 6.03 Å². The fourth-order valence-electron chi connectivity index (χ4n) is 2.64. The van der Waals surface area contributed by atoms with Crippen LogP contribution in [0.2, 0.25) is 5.02 Å². The molecule has 1 atom stereocenters. The van der Waals surface area contributed by atoms with Gasteiger partial charge in [-0.1, -0.05) is 17.7 Å². The number of hydrogen-bond donors (Lipinski definition) is 1. The van der Waals surface area contributed by atoms with E-state index in [1.165, 1.54) is 21.6 Å². The maximum absolute atomic E-state index is 13.0. The molecule has 0 saturated heterocycles. The van der Waals surface area contributed by atoms with E-state index in [4.69, 9.17) is 16.3 Å². The Balaban J connectivity index is 1.78. The number of thioether (sulfide) groups is 1. The van der Waals surface area contributed by atoms with Crippen LogP contribution in [-0.4, -0.2) is 29.8 Å².